The Hall–Kier alpha value is -1.40. The zero-order chi connectivity index (χ0) is 14.7. The van der Waals surface area contributed by atoms with Crippen LogP contribution in [0.4, 0.5) is 11.6 Å². The smallest absolute Gasteiger partial charge is 0.145 e. The van der Waals surface area contributed by atoms with Gasteiger partial charge in [-0.1, -0.05) is 6.92 Å². The van der Waals surface area contributed by atoms with Crippen LogP contribution in [0.3, 0.4) is 0 Å². The third kappa shape index (κ3) is 3.63. The highest BCUT2D eigenvalue weighted by Gasteiger charge is 2.29. The number of nitrogen functional groups attached to an aromatic ring is 1. The lowest BCUT2D eigenvalue weighted by Crippen LogP contribution is -2.40. The van der Waals surface area contributed by atoms with Crippen molar-refractivity contribution in [3.8, 4) is 0 Å². The lowest BCUT2D eigenvalue weighted by Gasteiger charge is -2.33. The second kappa shape index (κ2) is 6.58. The number of hydrazine groups is 1. The predicted octanol–water partition coefficient (Wildman–Crippen LogP) is 2.04. The van der Waals surface area contributed by atoms with Crippen molar-refractivity contribution < 1.29 is 4.74 Å². The van der Waals surface area contributed by atoms with Crippen LogP contribution in [0.15, 0.2) is 6.07 Å². The number of anilines is 2. The van der Waals surface area contributed by atoms with Gasteiger partial charge in [0.15, 0.2) is 0 Å². The van der Waals surface area contributed by atoms with Gasteiger partial charge in [0.05, 0.1) is 6.10 Å². The highest BCUT2D eigenvalue weighted by molar-refractivity contribution is 5.49. The molecule has 116 valence electrons. The van der Waals surface area contributed by atoms with Crippen LogP contribution in [0.25, 0.3) is 0 Å². The molecule has 1 aromatic heterocycles. The van der Waals surface area contributed by atoms with Gasteiger partial charge in [0.25, 0.3) is 0 Å². The van der Waals surface area contributed by atoms with Crippen molar-refractivity contribution in [2.75, 3.05) is 30.0 Å². The van der Waals surface area contributed by atoms with Crippen molar-refractivity contribution in [1.29, 1.82) is 0 Å². The Balaban J connectivity index is 1.73. The summed E-state index contributed by atoms with van der Waals surface area (Å²) in [6.45, 7) is 4.92. The van der Waals surface area contributed by atoms with E-state index in [0.717, 1.165) is 50.6 Å². The molecule has 0 aromatic carbocycles. The van der Waals surface area contributed by atoms with Gasteiger partial charge in [0.1, 0.15) is 17.5 Å². The van der Waals surface area contributed by atoms with E-state index in [4.69, 9.17) is 15.6 Å². The van der Waals surface area contributed by atoms with E-state index in [-0.39, 0.29) is 0 Å². The summed E-state index contributed by atoms with van der Waals surface area (Å²) >= 11 is 0. The summed E-state index contributed by atoms with van der Waals surface area (Å²) < 4.78 is 5.91. The second-order valence-corrected chi connectivity index (χ2v) is 5.97. The number of nitrogens with zero attached hydrogens (tertiary/aromatic N) is 3. The molecule has 6 nitrogen and oxygen atoms in total. The Morgan fingerprint density at radius 1 is 1.38 bits per heavy atom. The summed E-state index contributed by atoms with van der Waals surface area (Å²) in [6, 6.07) is 1.94. The largest absolute Gasteiger partial charge is 0.376 e. The first-order valence-corrected chi connectivity index (χ1v) is 8.02. The number of rotatable bonds is 6. The molecule has 2 aliphatic rings. The van der Waals surface area contributed by atoms with Crippen molar-refractivity contribution in [3.63, 3.8) is 0 Å². The van der Waals surface area contributed by atoms with E-state index < -0.39 is 0 Å². The Bertz CT molecular complexity index is 477. The van der Waals surface area contributed by atoms with E-state index >= 15 is 0 Å². The standard InChI is InChI=1S/C15H25N5O/c1-2-8-21-12-4-3-7-20(10-12)14-9-13(19-16)17-15(18-14)11-5-6-11/h9,11-12H,2-8,10,16H2,1H3,(H,17,18,19). The summed E-state index contributed by atoms with van der Waals surface area (Å²) in [6.07, 6.45) is 6.04. The minimum Gasteiger partial charge on any atom is -0.376 e. The van der Waals surface area contributed by atoms with Crippen LogP contribution in [0.2, 0.25) is 0 Å². The molecule has 3 rings (SSSR count). The van der Waals surface area contributed by atoms with E-state index in [1.54, 1.807) is 0 Å². The number of piperidine rings is 1. The fourth-order valence-corrected chi connectivity index (χ4v) is 2.78. The highest BCUT2D eigenvalue weighted by atomic mass is 16.5. The fourth-order valence-electron chi connectivity index (χ4n) is 2.78. The van der Waals surface area contributed by atoms with Gasteiger partial charge in [0.2, 0.25) is 0 Å². The van der Waals surface area contributed by atoms with Gasteiger partial charge < -0.3 is 15.1 Å². The van der Waals surface area contributed by atoms with E-state index in [9.17, 15) is 0 Å². The second-order valence-electron chi connectivity index (χ2n) is 5.97. The summed E-state index contributed by atoms with van der Waals surface area (Å²) in [7, 11) is 0. The minimum absolute atomic E-state index is 0.312. The molecule has 1 aliphatic heterocycles. The SMILES string of the molecule is CCCOC1CCCN(c2cc(NN)nc(C3CC3)n2)C1. The average Bonchev–Trinajstić information content (AvgIpc) is 3.37. The topological polar surface area (TPSA) is 76.3 Å². The molecule has 1 saturated carbocycles. The third-order valence-corrected chi connectivity index (χ3v) is 4.08. The average molecular weight is 291 g/mol. The van der Waals surface area contributed by atoms with Gasteiger partial charge in [-0.05, 0) is 32.1 Å². The fraction of sp³-hybridized carbons (Fsp3) is 0.733. The summed E-state index contributed by atoms with van der Waals surface area (Å²) in [4.78, 5) is 11.5. The molecule has 6 heteroatoms. The Kier molecular flexibility index (Phi) is 4.55. The van der Waals surface area contributed by atoms with E-state index in [0.29, 0.717) is 17.8 Å². The Morgan fingerprint density at radius 3 is 2.95 bits per heavy atom. The van der Waals surface area contributed by atoms with Gasteiger partial charge in [-0.2, -0.15) is 0 Å². The van der Waals surface area contributed by atoms with Gasteiger partial charge in [-0.25, -0.2) is 15.8 Å². The molecular formula is C15H25N5O. The molecule has 3 N–H and O–H groups in total. The molecule has 1 unspecified atom stereocenters. The molecule has 1 aromatic rings. The number of hydrogen-bond acceptors (Lipinski definition) is 6. The summed E-state index contributed by atoms with van der Waals surface area (Å²) in [5, 5.41) is 0. The van der Waals surface area contributed by atoms with Gasteiger partial charge in [-0.3, -0.25) is 0 Å². The first-order chi connectivity index (χ1) is 10.3. The van der Waals surface area contributed by atoms with Crippen LogP contribution in [0.5, 0.6) is 0 Å². The number of ether oxygens (including phenoxy) is 1. The summed E-state index contributed by atoms with van der Waals surface area (Å²) in [5.74, 6) is 8.68. The molecule has 21 heavy (non-hydrogen) atoms. The van der Waals surface area contributed by atoms with Crippen LogP contribution >= 0.6 is 0 Å². The van der Waals surface area contributed by atoms with Crippen molar-refractivity contribution in [2.24, 2.45) is 5.84 Å². The maximum atomic E-state index is 5.91. The van der Waals surface area contributed by atoms with E-state index in [2.05, 4.69) is 22.2 Å². The first-order valence-electron chi connectivity index (χ1n) is 8.02. The molecule has 1 aliphatic carbocycles. The maximum Gasteiger partial charge on any atom is 0.145 e. The van der Waals surface area contributed by atoms with Gasteiger partial charge in [0, 0.05) is 31.7 Å². The lowest BCUT2D eigenvalue weighted by molar-refractivity contribution is 0.0439. The molecule has 2 fully saturated rings. The van der Waals surface area contributed by atoms with Gasteiger partial charge >= 0.3 is 0 Å². The van der Waals surface area contributed by atoms with Crippen LogP contribution in [0, 0.1) is 0 Å². The van der Waals surface area contributed by atoms with E-state index in [1.165, 1.54) is 12.8 Å². The highest BCUT2D eigenvalue weighted by Crippen LogP contribution is 2.39. The number of nitrogens with one attached hydrogen (secondary N) is 1. The molecule has 1 atom stereocenters. The van der Waals surface area contributed by atoms with Crippen LogP contribution < -0.4 is 16.2 Å². The van der Waals surface area contributed by atoms with Crippen LogP contribution in [0.1, 0.15) is 50.8 Å². The summed E-state index contributed by atoms with van der Waals surface area (Å²) in [5.41, 5.74) is 2.67. The monoisotopic (exact) mass is 291 g/mol. The molecule has 0 amide bonds. The van der Waals surface area contributed by atoms with Crippen molar-refractivity contribution in [1.82, 2.24) is 9.97 Å². The van der Waals surface area contributed by atoms with E-state index in [1.807, 2.05) is 6.07 Å². The molecule has 0 spiro atoms. The quantitative estimate of drug-likeness (QED) is 0.617. The van der Waals surface area contributed by atoms with Crippen molar-refractivity contribution >= 4 is 11.6 Å². The zero-order valence-corrected chi connectivity index (χ0v) is 12.7. The van der Waals surface area contributed by atoms with Crippen molar-refractivity contribution in [2.45, 2.75) is 51.0 Å². The zero-order valence-electron chi connectivity index (χ0n) is 12.7. The maximum absolute atomic E-state index is 5.91. The van der Waals surface area contributed by atoms with Gasteiger partial charge in [-0.15, -0.1) is 0 Å². The number of aromatic nitrogens is 2. The molecule has 0 bridgehead atoms. The molecule has 1 saturated heterocycles. The normalized spacial score (nSPS) is 22.4. The minimum atomic E-state index is 0.312. The van der Waals surface area contributed by atoms with Crippen molar-refractivity contribution in [3.05, 3.63) is 11.9 Å². The molecule has 2 heterocycles. The molecular weight excluding hydrogens is 266 g/mol. The number of hydrogen-bond donors (Lipinski definition) is 2. The number of nitrogens with two attached hydrogens (primary N) is 1. The third-order valence-electron chi connectivity index (χ3n) is 4.08. The van der Waals surface area contributed by atoms with Crippen LogP contribution in [-0.2, 0) is 4.74 Å². The first kappa shape index (κ1) is 14.5. The van der Waals surface area contributed by atoms with Crippen LogP contribution in [-0.4, -0.2) is 35.8 Å². The predicted molar refractivity (Wildman–Crippen MR) is 83.3 cm³/mol. The molecule has 0 radical (unpaired) electrons. The Morgan fingerprint density at radius 2 is 2.24 bits per heavy atom. The Labute approximate surface area is 126 Å². The lowest BCUT2D eigenvalue weighted by atomic mass is 10.1.